The van der Waals surface area contributed by atoms with Gasteiger partial charge in [0.2, 0.25) is 0 Å². The first-order valence-corrected chi connectivity index (χ1v) is 29.3. The van der Waals surface area contributed by atoms with E-state index >= 15 is 0 Å². The molecule has 0 radical (unpaired) electrons. The Bertz CT molecular complexity index is 5830. The maximum Gasteiger partial charge on any atom is 0.269 e. The first-order valence-electron chi connectivity index (χ1n) is 39.8. The van der Waals surface area contributed by atoms with E-state index in [9.17, 15) is 9.60 Å². The van der Waals surface area contributed by atoms with Gasteiger partial charge in [0.1, 0.15) is 17.3 Å². The molecule has 0 aliphatic heterocycles. The minimum absolute atomic E-state index is 0.144. The number of hydrogen-bond acceptors (Lipinski definition) is 2. The molecule has 3 aromatic heterocycles. The van der Waals surface area contributed by atoms with Crippen molar-refractivity contribution in [1.82, 2.24) is 14.1 Å². The van der Waals surface area contributed by atoms with Gasteiger partial charge in [0.25, 0.3) is 6.33 Å². The topological polar surface area (TPSA) is 35.9 Å². The highest BCUT2D eigenvalue weighted by molar-refractivity contribution is 6.09. The molecule has 0 amide bonds. The second-order valence-electron chi connectivity index (χ2n) is 26.4. The molecular weight excluding hydrogens is 1070 g/mol. The lowest BCUT2D eigenvalue weighted by molar-refractivity contribution is -0.572. The first kappa shape index (κ1) is 37.9. The molecule has 5 nitrogen and oxygen atoms in total. The van der Waals surface area contributed by atoms with E-state index in [1.807, 2.05) is 117 Å². The Morgan fingerprint density at radius 3 is 1.67 bits per heavy atom. The highest BCUT2D eigenvalue weighted by atomic mass is 16.5. The van der Waals surface area contributed by atoms with Crippen LogP contribution in [0.4, 0.5) is 0 Å². The van der Waals surface area contributed by atoms with Gasteiger partial charge in [-0.3, -0.25) is 13.7 Å². The van der Waals surface area contributed by atoms with Crippen molar-refractivity contribution >= 4 is 32.8 Å². The summed E-state index contributed by atoms with van der Waals surface area (Å²) in [5, 5.41) is 1.55. The number of nitrogens with zero attached hydrogens (tertiary/aromatic N) is 4. The van der Waals surface area contributed by atoms with Crippen LogP contribution < -0.4 is 9.30 Å². The van der Waals surface area contributed by atoms with Gasteiger partial charge in [0.15, 0.2) is 0 Å². The summed E-state index contributed by atoms with van der Waals surface area (Å²) in [5.41, 5.74) is 3.59. The van der Waals surface area contributed by atoms with Crippen LogP contribution in [0.5, 0.6) is 11.5 Å². The predicted molar refractivity (Wildman–Crippen MR) is 369 cm³/mol. The van der Waals surface area contributed by atoms with E-state index in [0.717, 1.165) is 33.0 Å². The van der Waals surface area contributed by atoms with Gasteiger partial charge in [0, 0.05) is 32.7 Å². The van der Waals surface area contributed by atoms with Gasteiger partial charge in [0.05, 0.1) is 58.1 Å². The molecule has 10 aromatic carbocycles. The molecule has 0 saturated heterocycles. The smallest absolute Gasteiger partial charge is 0.269 e. The molecule has 0 aliphatic carbocycles. The summed E-state index contributed by atoms with van der Waals surface area (Å²) in [5.74, 6) is 0.874. The van der Waals surface area contributed by atoms with Crippen LogP contribution in [-0.4, -0.2) is 14.1 Å². The molecule has 5 heteroatoms. The maximum absolute atomic E-state index is 10.5. The Labute approximate surface area is 549 Å². The Kier molecular flexibility index (Phi) is 9.46. The molecule has 13 rings (SSSR count). The lowest BCUT2D eigenvalue weighted by Crippen LogP contribution is -2.35. The lowest BCUT2D eigenvalue weighted by atomic mass is 9.77. The summed E-state index contributed by atoms with van der Waals surface area (Å²) in [6.45, 7) is 22.2. The third-order valence-corrected chi connectivity index (χ3v) is 16.0. The Hall–Kier alpha value is -9.58. The van der Waals surface area contributed by atoms with E-state index in [4.69, 9.17) is 28.9 Å². The Morgan fingerprint density at radius 1 is 0.455 bits per heavy atom. The summed E-state index contributed by atoms with van der Waals surface area (Å²) in [6, 6.07) is 25.5. The number of aromatic nitrogens is 4. The number of imidazole rings is 1. The molecule has 0 spiro atoms. The average Bonchev–Trinajstić information content (AvgIpc) is 1.64. The fraction of sp³-hybridized carbons (Fsp3) is 0.205. The van der Waals surface area contributed by atoms with Crippen LogP contribution >= 0.6 is 0 Å². The third-order valence-electron chi connectivity index (χ3n) is 16.0. The molecule has 0 unspecified atom stereocenters. The number of hydrogen-bond donors (Lipinski definition) is 0. The van der Waals surface area contributed by atoms with Crippen molar-refractivity contribution in [1.29, 1.82) is 0 Å². The van der Waals surface area contributed by atoms with E-state index in [-0.39, 0.29) is 44.5 Å². The van der Waals surface area contributed by atoms with Crippen molar-refractivity contribution in [2.45, 2.75) is 112 Å². The normalized spacial score (nSPS) is 15.9. The predicted octanol–water partition coefficient (Wildman–Crippen LogP) is 21.8. The van der Waals surface area contributed by atoms with Crippen LogP contribution in [0, 0.1) is 13.2 Å². The number of benzene rings is 10. The molecule has 13 aromatic rings. The Balaban J connectivity index is 1.08. The van der Waals surface area contributed by atoms with E-state index < -0.39 is 149 Å². The van der Waals surface area contributed by atoms with Crippen molar-refractivity contribution in [2.24, 2.45) is 0 Å². The standard InChI is InChI=1S/C83H78N4O/c1-54-40-78(84-52-72(54)57-30-21-16-22-31-57)87-74-35-24-23-34-69(74)70-38-37-68(51-76(70)87)88-67-33-25-32-66(50-67)85-53-86(75-39-36-58(46-77(75)85)61-44-63(80(2,3)4)47-64(45-61)81(5,6)7)79-71(48-65(82(8,9)10)49-73(79)83(11,12)13)62-42-59(55-26-17-14-18-27-55)41-60(43-62)56-28-19-15-20-29-56/h14-52H,1-13H3/i1D3,14D,15D,16D,17D,18D,19D,20D,21D,22D,26D,27D,28D,29D,30D,31D,41D,42D,43D. The van der Waals surface area contributed by atoms with Gasteiger partial charge in [-0.1, -0.05) is 240 Å². The fourth-order valence-electron chi connectivity index (χ4n) is 11.2. The molecule has 88 heavy (non-hydrogen) atoms. The lowest BCUT2D eigenvalue weighted by Gasteiger charge is -2.30. The second kappa shape index (κ2) is 22.0. The number of rotatable bonds is 10. The van der Waals surface area contributed by atoms with Crippen LogP contribution in [-0.2, 0) is 21.7 Å². The van der Waals surface area contributed by atoms with Gasteiger partial charge in [-0.15, -0.1) is 0 Å². The number of ether oxygens (including phenoxy) is 1. The number of aryl methyl sites for hydroxylation is 1. The van der Waals surface area contributed by atoms with Gasteiger partial charge in [-0.05, 0) is 173 Å². The molecule has 0 atom stereocenters. The van der Waals surface area contributed by atoms with E-state index in [1.165, 1.54) is 12.3 Å². The van der Waals surface area contributed by atoms with Crippen molar-refractivity contribution in [3.8, 4) is 84.3 Å². The minimum Gasteiger partial charge on any atom is -0.458 e. The van der Waals surface area contributed by atoms with Crippen molar-refractivity contribution in [3.05, 3.63) is 270 Å². The van der Waals surface area contributed by atoms with E-state index in [0.29, 0.717) is 56.1 Å². The summed E-state index contributed by atoms with van der Waals surface area (Å²) < 4.78 is 202. The largest absolute Gasteiger partial charge is 0.458 e. The molecule has 436 valence electrons. The molecule has 3 heterocycles. The van der Waals surface area contributed by atoms with Crippen molar-refractivity contribution in [2.75, 3.05) is 0 Å². The number of pyridine rings is 1. The molecular formula is C83H78N4O. The second-order valence-corrected chi connectivity index (χ2v) is 26.4. The van der Waals surface area contributed by atoms with Gasteiger partial charge >= 0.3 is 0 Å². The van der Waals surface area contributed by atoms with Crippen LogP contribution in [0.2, 0.25) is 0 Å². The summed E-state index contributed by atoms with van der Waals surface area (Å²) in [6.07, 6.45) is 4.96. The molecule has 0 bridgehead atoms. The van der Waals surface area contributed by atoms with Gasteiger partial charge in [-0.2, -0.15) is 0 Å². The summed E-state index contributed by atoms with van der Waals surface area (Å²) in [7, 11) is 0. The quantitative estimate of drug-likeness (QED) is 0.101. The SMILES string of the molecule is [2H]c1c([2H])c([2H])c(-c2cnc(-n3c4ccccc4c4ccc(Oc5cccc(-n6[c-][n+](-c7c(-c8c([2H])c(-c9c([2H])c([2H])c([2H])c([2H])c9[2H])c([2H])c(-c9c([2H])c([2H])c([2H])c([2H])c9[2H])c8[2H])cc(C(C)(C)C)cc7C(C)(C)C)c7ccc(-c8cc(C(C)(C)C)cc(C(C)(C)C)c8)cc76)c5)cc43)cc2C([2H])([2H])[2H])c([2H])c1[2H]. The highest BCUT2D eigenvalue weighted by Crippen LogP contribution is 2.44. The summed E-state index contributed by atoms with van der Waals surface area (Å²) in [4.78, 5) is 4.77. The fourth-order valence-corrected chi connectivity index (χ4v) is 11.2. The minimum atomic E-state index is -2.85. The first-order chi connectivity index (χ1) is 50.7. The van der Waals surface area contributed by atoms with Crippen LogP contribution in [0.25, 0.3) is 106 Å². The Morgan fingerprint density at radius 2 is 1.05 bits per heavy atom. The molecule has 0 fully saturated rings. The van der Waals surface area contributed by atoms with Gasteiger partial charge < -0.3 is 4.74 Å². The van der Waals surface area contributed by atoms with Crippen molar-refractivity contribution in [3.63, 3.8) is 0 Å². The highest BCUT2D eigenvalue weighted by Gasteiger charge is 2.30. The number of fused-ring (bicyclic) bond motifs is 4. The molecule has 0 N–H and O–H groups in total. The molecule has 0 saturated carbocycles. The monoisotopic (exact) mass is 1170 g/mol. The maximum atomic E-state index is 10.5. The zero-order chi connectivity index (χ0) is 79.6. The van der Waals surface area contributed by atoms with Crippen LogP contribution in [0.1, 0.15) is 140 Å². The van der Waals surface area contributed by atoms with Crippen molar-refractivity contribution < 1.29 is 38.1 Å². The van der Waals surface area contributed by atoms with Gasteiger partial charge in [-0.25, -0.2) is 4.98 Å². The van der Waals surface area contributed by atoms with E-state index in [2.05, 4.69) is 78.2 Å². The van der Waals surface area contributed by atoms with Crippen LogP contribution in [0.3, 0.4) is 0 Å². The average molecular weight is 1170 g/mol. The zero-order valence-corrected chi connectivity index (χ0v) is 51.3. The van der Waals surface area contributed by atoms with Crippen LogP contribution in [0.15, 0.2) is 236 Å². The zero-order valence-electron chi connectivity index (χ0n) is 72.3. The summed E-state index contributed by atoms with van der Waals surface area (Å²) >= 11 is 0. The number of para-hydroxylation sites is 1. The van der Waals surface area contributed by atoms with E-state index in [1.54, 1.807) is 22.8 Å². The molecule has 0 aliphatic rings. The third kappa shape index (κ3) is 11.0.